The summed E-state index contributed by atoms with van der Waals surface area (Å²) in [5.74, 6) is -1.34. The molecule has 0 aromatic carbocycles. The largest absolute Gasteiger partial charge is 0.273 e. The number of imide groups is 1. The molecule has 0 heterocycles. The molecule has 0 aliphatic carbocycles. The molecule has 9 heavy (non-hydrogen) atoms. The predicted octanol–water partition coefficient (Wildman–Crippen LogP) is 0.0628. The first-order chi connectivity index (χ1) is 4.09. The fourth-order valence-electron chi connectivity index (χ4n) is 0.337. The third kappa shape index (κ3) is 1.98. The van der Waals surface area contributed by atoms with Crippen molar-refractivity contribution in [3.8, 4) is 0 Å². The summed E-state index contributed by atoms with van der Waals surface area (Å²) in [5.41, 5.74) is 0. The molecule has 50 valence electrons. The fourth-order valence-corrected chi connectivity index (χ4v) is 0.337. The van der Waals surface area contributed by atoms with Gasteiger partial charge in [0.25, 0.3) is 0 Å². The standard InChI is InChI=1S/C4H6N2O3/c1-3(7)6(5-9)4(2)8/h1-2H3. The summed E-state index contributed by atoms with van der Waals surface area (Å²) in [6.07, 6.45) is 0. The molecule has 2 amide bonds. The van der Waals surface area contributed by atoms with Crippen molar-refractivity contribution in [1.82, 2.24) is 5.01 Å². The molecule has 0 saturated heterocycles. The molecule has 5 heteroatoms. The van der Waals surface area contributed by atoms with E-state index in [1.165, 1.54) is 0 Å². The number of hydrogen-bond donors (Lipinski definition) is 0. The number of nitroso groups, excluding NO2 is 1. The third-order valence-corrected chi connectivity index (χ3v) is 0.678. The van der Waals surface area contributed by atoms with Crippen LogP contribution in [0.1, 0.15) is 13.8 Å². The van der Waals surface area contributed by atoms with Crippen LogP contribution < -0.4 is 0 Å². The molecule has 0 aromatic heterocycles. The first-order valence-corrected chi connectivity index (χ1v) is 2.24. The van der Waals surface area contributed by atoms with Gasteiger partial charge in [-0.15, -0.1) is 9.92 Å². The Kier molecular flexibility index (Phi) is 2.50. The molecule has 0 aliphatic heterocycles. The molecule has 0 atom stereocenters. The van der Waals surface area contributed by atoms with Gasteiger partial charge in [-0.1, -0.05) is 0 Å². The first-order valence-electron chi connectivity index (χ1n) is 2.24. The Morgan fingerprint density at radius 2 is 1.56 bits per heavy atom. The summed E-state index contributed by atoms with van der Waals surface area (Å²) in [5, 5.41) is 2.42. The van der Waals surface area contributed by atoms with E-state index in [-0.39, 0.29) is 5.01 Å². The molecule has 0 rings (SSSR count). The zero-order chi connectivity index (χ0) is 7.44. The quantitative estimate of drug-likeness (QED) is 0.372. The number of hydrogen-bond acceptors (Lipinski definition) is 4. The zero-order valence-corrected chi connectivity index (χ0v) is 5.12. The summed E-state index contributed by atoms with van der Waals surface area (Å²) in [6, 6.07) is 0. The van der Waals surface area contributed by atoms with Crippen LogP contribution in [0.25, 0.3) is 0 Å². The van der Waals surface area contributed by atoms with Crippen LogP contribution >= 0.6 is 0 Å². The van der Waals surface area contributed by atoms with Crippen LogP contribution in [0.5, 0.6) is 0 Å². The van der Waals surface area contributed by atoms with E-state index in [0.717, 1.165) is 13.8 Å². The van der Waals surface area contributed by atoms with E-state index >= 15 is 0 Å². The second-order valence-electron chi connectivity index (χ2n) is 1.43. The molecule has 0 saturated carbocycles. The molecule has 0 unspecified atom stereocenters. The smallest absolute Gasteiger partial charge is 0.249 e. The Morgan fingerprint density at radius 3 is 1.56 bits per heavy atom. The summed E-state index contributed by atoms with van der Waals surface area (Å²) in [7, 11) is 0. The van der Waals surface area contributed by atoms with Crippen molar-refractivity contribution in [1.29, 1.82) is 0 Å². The Hall–Kier alpha value is -1.26. The second kappa shape index (κ2) is 2.91. The van der Waals surface area contributed by atoms with Crippen LogP contribution in [0, 0.1) is 4.91 Å². The lowest BCUT2D eigenvalue weighted by Gasteiger charge is -2.02. The second-order valence-corrected chi connectivity index (χ2v) is 1.43. The average Bonchev–Trinajstić information content (AvgIpc) is 1.64. The van der Waals surface area contributed by atoms with Crippen molar-refractivity contribution in [3.05, 3.63) is 4.91 Å². The monoisotopic (exact) mass is 130 g/mol. The van der Waals surface area contributed by atoms with Gasteiger partial charge in [0.1, 0.15) is 0 Å². The van der Waals surface area contributed by atoms with E-state index < -0.39 is 11.8 Å². The molecule has 0 bridgehead atoms. The van der Waals surface area contributed by atoms with Crippen molar-refractivity contribution in [2.45, 2.75) is 13.8 Å². The van der Waals surface area contributed by atoms with Gasteiger partial charge in [-0.25, -0.2) is 0 Å². The molecule has 0 aromatic rings. The van der Waals surface area contributed by atoms with Crippen molar-refractivity contribution in [3.63, 3.8) is 0 Å². The van der Waals surface area contributed by atoms with Crippen LogP contribution in [-0.4, -0.2) is 16.8 Å². The maximum Gasteiger partial charge on any atom is 0.249 e. The maximum atomic E-state index is 10.2. The Morgan fingerprint density at radius 1 is 1.22 bits per heavy atom. The van der Waals surface area contributed by atoms with Crippen molar-refractivity contribution in [2.75, 3.05) is 0 Å². The number of carbonyl (C=O) groups is 2. The molecule has 0 aliphatic rings. The summed E-state index contributed by atoms with van der Waals surface area (Å²) in [6.45, 7) is 2.17. The van der Waals surface area contributed by atoms with Gasteiger partial charge < -0.3 is 0 Å². The van der Waals surface area contributed by atoms with Gasteiger partial charge in [0.05, 0.1) is 5.29 Å². The fraction of sp³-hybridized carbons (Fsp3) is 0.500. The summed E-state index contributed by atoms with van der Waals surface area (Å²) < 4.78 is 0. The lowest BCUT2D eigenvalue weighted by atomic mass is 10.6. The Balaban J connectivity index is 4.16. The highest BCUT2D eigenvalue weighted by molar-refractivity contribution is 5.92. The van der Waals surface area contributed by atoms with E-state index in [4.69, 9.17) is 0 Å². The highest BCUT2D eigenvalue weighted by Crippen LogP contribution is 1.88. The Labute approximate surface area is 51.6 Å². The minimum atomic E-state index is -0.669. The van der Waals surface area contributed by atoms with Crippen molar-refractivity contribution < 1.29 is 9.59 Å². The molecule has 5 nitrogen and oxygen atoms in total. The van der Waals surface area contributed by atoms with Gasteiger partial charge in [-0.2, -0.15) is 0 Å². The summed E-state index contributed by atoms with van der Waals surface area (Å²) >= 11 is 0. The summed E-state index contributed by atoms with van der Waals surface area (Å²) in [4.78, 5) is 30.1. The van der Waals surface area contributed by atoms with E-state index in [1.54, 1.807) is 0 Å². The minimum absolute atomic E-state index is 0.250. The number of rotatable bonds is 1. The van der Waals surface area contributed by atoms with E-state index in [2.05, 4.69) is 5.29 Å². The van der Waals surface area contributed by atoms with Gasteiger partial charge in [0, 0.05) is 13.8 Å². The maximum absolute atomic E-state index is 10.2. The average molecular weight is 130 g/mol. The molecule has 0 fully saturated rings. The topological polar surface area (TPSA) is 66.8 Å². The zero-order valence-electron chi connectivity index (χ0n) is 5.12. The van der Waals surface area contributed by atoms with E-state index in [9.17, 15) is 14.5 Å². The molecule has 0 spiro atoms. The van der Waals surface area contributed by atoms with Crippen LogP contribution in [0.3, 0.4) is 0 Å². The molecular formula is C4H6N2O3. The van der Waals surface area contributed by atoms with E-state index in [0.29, 0.717) is 0 Å². The predicted molar refractivity (Wildman–Crippen MR) is 29.0 cm³/mol. The van der Waals surface area contributed by atoms with Crippen LogP contribution in [0.2, 0.25) is 0 Å². The van der Waals surface area contributed by atoms with Gasteiger partial charge in [-0.05, 0) is 0 Å². The lowest BCUT2D eigenvalue weighted by Crippen LogP contribution is -2.26. The highest BCUT2D eigenvalue weighted by Gasteiger charge is 2.12. The van der Waals surface area contributed by atoms with Gasteiger partial charge in [-0.3, -0.25) is 9.59 Å². The molecular weight excluding hydrogens is 124 g/mol. The number of nitrogens with zero attached hydrogens (tertiary/aromatic N) is 2. The number of amides is 2. The number of carbonyl (C=O) groups excluding carboxylic acids is 2. The van der Waals surface area contributed by atoms with Gasteiger partial charge >= 0.3 is 0 Å². The van der Waals surface area contributed by atoms with E-state index in [1.807, 2.05) is 0 Å². The van der Waals surface area contributed by atoms with Crippen molar-refractivity contribution >= 4 is 11.8 Å². The van der Waals surface area contributed by atoms with Crippen LogP contribution in [0.4, 0.5) is 0 Å². The first kappa shape index (κ1) is 7.74. The third-order valence-electron chi connectivity index (χ3n) is 0.678. The molecule has 0 N–H and O–H groups in total. The highest BCUT2D eigenvalue weighted by atomic mass is 16.3. The van der Waals surface area contributed by atoms with Crippen LogP contribution in [-0.2, 0) is 9.59 Å². The van der Waals surface area contributed by atoms with Gasteiger partial charge in [0.2, 0.25) is 11.8 Å². The van der Waals surface area contributed by atoms with Gasteiger partial charge in [0.15, 0.2) is 0 Å². The van der Waals surface area contributed by atoms with Crippen LogP contribution in [0.15, 0.2) is 5.29 Å². The Bertz CT molecular complexity index is 140. The van der Waals surface area contributed by atoms with Crippen molar-refractivity contribution in [2.24, 2.45) is 5.29 Å². The normalized spacial score (nSPS) is 8.22. The SMILES string of the molecule is CC(=O)N(N=O)C(C)=O. The molecule has 0 radical (unpaired) electrons. The lowest BCUT2D eigenvalue weighted by molar-refractivity contribution is -0.142. The minimum Gasteiger partial charge on any atom is -0.273 e.